The highest BCUT2D eigenvalue weighted by Crippen LogP contribution is 2.20. The number of carbonyl (C=O) groups is 3. The van der Waals surface area contributed by atoms with Gasteiger partial charge in [0.05, 0.1) is 6.42 Å². The van der Waals surface area contributed by atoms with E-state index in [0.29, 0.717) is 0 Å². The van der Waals surface area contributed by atoms with Crippen LogP contribution in [0, 0.1) is 5.92 Å². The number of nitrogens with one attached hydrogen (secondary N) is 2. The standard InChI is InChI=1S/C14H22N2O4/c1-14(2,3)16-13(19)15-11(17)9-20-12(18)8-10-6-4-5-7-10/h4,6,10H,5,7-9H2,1-3H3,(H2,15,16,17,19)/t10-/m0/s1. The first-order valence-corrected chi connectivity index (χ1v) is 6.70. The van der Waals surface area contributed by atoms with Crippen molar-refractivity contribution in [2.75, 3.05) is 6.61 Å². The summed E-state index contributed by atoms with van der Waals surface area (Å²) in [5.41, 5.74) is -0.435. The van der Waals surface area contributed by atoms with Gasteiger partial charge >= 0.3 is 12.0 Å². The molecule has 1 atom stereocenters. The molecule has 3 amide bonds. The number of imide groups is 1. The van der Waals surface area contributed by atoms with Crippen LogP contribution in [0.25, 0.3) is 0 Å². The molecular formula is C14H22N2O4. The molecule has 0 aromatic heterocycles. The second kappa shape index (κ2) is 7.07. The second-order valence-electron chi connectivity index (χ2n) is 5.88. The topological polar surface area (TPSA) is 84.5 Å². The molecule has 0 heterocycles. The fourth-order valence-corrected chi connectivity index (χ4v) is 1.82. The van der Waals surface area contributed by atoms with Crippen LogP contribution in [-0.2, 0) is 14.3 Å². The van der Waals surface area contributed by atoms with Gasteiger partial charge < -0.3 is 10.1 Å². The molecule has 0 aromatic carbocycles. The Bertz CT molecular complexity index is 410. The zero-order valence-corrected chi connectivity index (χ0v) is 12.2. The molecule has 0 fully saturated rings. The van der Waals surface area contributed by atoms with Crippen molar-refractivity contribution in [2.24, 2.45) is 5.92 Å². The first-order chi connectivity index (χ1) is 9.26. The molecule has 1 aliphatic carbocycles. The van der Waals surface area contributed by atoms with Crippen molar-refractivity contribution in [3.63, 3.8) is 0 Å². The Morgan fingerprint density at radius 1 is 1.30 bits per heavy atom. The van der Waals surface area contributed by atoms with Gasteiger partial charge in [-0.3, -0.25) is 14.9 Å². The van der Waals surface area contributed by atoms with Crippen molar-refractivity contribution in [2.45, 2.75) is 45.6 Å². The third kappa shape index (κ3) is 6.92. The van der Waals surface area contributed by atoms with Crippen LogP contribution in [0.2, 0.25) is 0 Å². The third-order valence-electron chi connectivity index (χ3n) is 2.65. The van der Waals surface area contributed by atoms with Gasteiger partial charge in [0.15, 0.2) is 6.61 Å². The predicted octanol–water partition coefficient (Wildman–Crippen LogP) is 1.51. The molecule has 0 aromatic rings. The number of esters is 1. The maximum absolute atomic E-state index is 11.5. The molecule has 112 valence electrons. The summed E-state index contributed by atoms with van der Waals surface area (Å²) in [4.78, 5) is 34.3. The van der Waals surface area contributed by atoms with Crippen molar-refractivity contribution in [3.05, 3.63) is 12.2 Å². The Morgan fingerprint density at radius 3 is 2.55 bits per heavy atom. The largest absolute Gasteiger partial charge is 0.456 e. The van der Waals surface area contributed by atoms with Gasteiger partial charge in [-0.1, -0.05) is 12.2 Å². The molecular weight excluding hydrogens is 260 g/mol. The maximum atomic E-state index is 11.5. The molecule has 1 aliphatic rings. The molecule has 0 bridgehead atoms. The zero-order chi connectivity index (χ0) is 15.2. The quantitative estimate of drug-likeness (QED) is 0.604. The van der Waals surface area contributed by atoms with E-state index in [4.69, 9.17) is 4.74 Å². The molecule has 0 saturated carbocycles. The lowest BCUT2D eigenvalue weighted by Crippen LogP contribution is -2.49. The Kier molecular flexibility index (Phi) is 5.73. The summed E-state index contributed by atoms with van der Waals surface area (Å²) in [7, 11) is 0. The highest BCUT2D eigenvalue weighted by Gasteiger charge is 2.18. The van der Waals surface area contributed by atoms with E-state index in [0.717, 1.165) is 12.8 Å². The number of amides is 3. The number of carbonyl (C=O) groups excluding carboxylic acids is 3. The summed E-state index contributed by atoms with van der Waals surface area (Å²) in [6, 6.07) is -0.600. The lowest BCUT2D eigenvalue weighted by atomic mass is 10.1. The van der Waals surface area contributed by atoms with Crippen LogP contribution in [0.3, 0.4) is 0 Å². The second-order valence-corrected chi connectivity index (χ2v) is 5.88. The van der Waals surface area contributed by atoms with Gasteiger partial charge in [0.25, 0.3) is 5.91 Å². The lowest BCUT2D eigenvalue weighted by Gasteiger charge is -2.20. The monoisotopic (exact) mass is 282 g/mol. The van der Waals surface area contributed by atoms with Gasteiger partial charge in [-0.2, -0.15) is 0 Å². The summed E-state index contributed by atoms with van der Waals surface area (Å²) in [6.45, 7) is 4.96. The summed E-state index contributed by atoms with van der Waals surface area (Å²) >= 11 is 0. The zero-order valence-electron chi connectivity index (χ0n) is 12.2. The van der Waals surface area contributed by atoms with Crippen molar-refractivity contribution in [1.82, 2.24) is 10.6 Å². The van der Waals surface area contributed by atoms with E-state index in [9.17, 15) is 14.4 Å². The molecule has 0 radical (unpaired) electrons. The molecule has 0 unspecified atom stereocenters. The number of rotatable bonds is 4. The normalized spacial score (nSPS) is 17.6. The van der Waals surface area contributed by atoms with E-state index in [1.54, 1.807) is 20.8 Å². The lowest BCUT2D eigenvalue weighted by molar-refractivity contribution is -0.148. The molecule has 0 saturated heterocycles. The summed E-state index contributed by atoms with van der Waals surface area (Å²) in [6.07, 6.45) is 6.21. The van der Waals surface area contributed by atoms with Crippen LogP contribution in [0.4, 0.5) is 4.79 Å². The predicted molar refractivity (Wildman–Crippen MR) is 73.9 cm³/mol. The summed E-state index contributed by atoms with van der Waals surface area (Å²) in [5.74, 6) is -0.857. The Labute approximate surface area is 118 Å². The number of hydrogen-bond donors (Lipinski definition) is 2. The average molecular weight is 282 g/mol. The SMILES string of the molecule is CC(C)(C)NC(=O)NC(=O)COC(=O)C[C@H]1C=CCC1. The molecule has 6 heteroatoms. The molecule has 20 heavy (non-hydrogen) atoms. The smallest absolute Gasteiger partial charge is 0.321 e. The van der Waals surface area contributed by atoms with Crippen LogP contribution in [-0.4, -0.2) is 30.1 Å². The van der Waals surface area contributed by atoms with Gasteiger partial charge in [-0.05, 0) is 39.5 Å². The van der Waals surface area contributed by atoms with Gasteiger partial charge in [-0.15, -0.1) is 0 Å². The van der Waals surface area contributed by atoms with Crippen molar-refractivity contribution in [3.8, 4) is 0 Å². The van der Waals surface area contributed by atoms with Crippen LogP contribution in [0.5, 0.6) is 0 Å². The van der Waals surface area contributed by atoms with E-state index in [1.165, 1.54) is 0 Å². The number of allylic oxidation sites excluding steroid dienone is 2. The molecule has 0 spiro atoms. The summed E-state index contributed by atoms with van der Waals surface area (Å²) in [5, 5.41) is 4.68. The molecule has 2 N–H and O–H groups in total. The Morgan fingerprint density at radius 2 is 2.00 bits per heavy atom. The number of urea groups is 1. The maximum Gasteiger partial charge on any atom is 0.321 e. The molecule has 0 aliphatic heterocycles. The van der Waals surface area contributed by atoms with Crippen LogP contribution in [0.1, 0.15) is 40.0 Å². The van der Waals surface area contributed by atoms with Gasteiger partial charge in [0, 0.05) is 5.54 Å². The van der Waals surface area contributed by atoms with Crippen molar-refractivity contribution >= 4 is 17.9 Å². The van der Waals surface area contributed by atoms with Crippen molar-refractivity contribution in [1.29, 1.82) is 0 Å². The fourth-order valence-electron chi connectivity index (χ4n) is 1.82. The number of hydrogen-bond acceptors (Lipinski definition) is 4. The third-order valence-corrected chi connectivity index (χ3v) is 2.65. The van der Waals surface area contributed by atoms with Gasteiger partial charge in [0.1, 0.15) is 0 Å². The van der Waals surface area contributed by atoms with Gasteiger partial charge in [-0.25, -0.2) is 4.79 Å². The van der Waals surface area contributed by atoms with E-state index < -0.39 is 30.1 Å². The summed E-state index contributed by atoms with van der Waals surface area (Å²) < 4.78 is 4.83. The van der Waals surface area contributed by atoms with Gasteiger partial charge in [0.2, 0.25) is 0 Å². The van der Waals surface area contributed by atoms with Crippen molar-refractivity contribution < 1.29 is 19.1 Å². The van der Waals surface area contributed by atoms with Crippen LogP contribution < -0.4 is 10.6 Å². The van der Waals surface area contributed by atoms with E-state index >= 15 is 0 Å². The first kappa shape index (κ1) is 16.2. The number of ether oxygens (including phenoxy) is 1. The van der Waals surface area contributed by atoms with E-state index in [2.05, 4.69) is 10.6 Å². The minimum Gasteiger partial charge on any atom is -0.456 e. The average Bonchev–Trinajstić information content (AvgIpc) is 2.76. The van der Waals surface area contributed by atoms with E-state index in [1.807, 2.05) is 12.2 Å². The minimum absolute atomic E-state index is 0.203. The highest BCUT2D eigenvalue weighted by atomic mass is 16.5. The highest BCUT2D eigenvalue weighted by molar-refractivity contribution is 5.95. The van der Waals surface area contributed by atoms with E-state index in [-0.39, 0.29) is 12.3 Å². The van der Waals surface area contributed by atoms with Crippen LogP contribution in [0.15, 0.2) is 12.2 Å². The molecule has 1 rings (SSSR count). The molecule has 6 nitrogen and oxygen atoms in total. The Balaban J connectivity index is 2.20. The Hall–Kier alpha value is -1.85. The fraction of sp³-hybridized carbons (Fsp3) is 0.643. The van der Waals surface area contributed by atoms with Crippen LogP contribution >= 0.6 is 0 Å². The first-order valence-electron chi connectivity index (χ1n) is 6.70. The minimum atomic E-state index is -0.637.